The molecule has 2 atom stereocenters. The quantitative estimate of drug-likeness (QED) is 0.511. The molecule has 0 bridgehead atoms. The Kier molecular flexibility index (Phi) is 12.3. The van der Waals surface area contributed by atoms with Gasteiger partial charge in [-0.15, -0.1) is 0 Å². The molecule has 104 valence electrons. The topological polar surface area (TPSA) is 40.5 Å². The SMILES string of the molecule is CCCCCCC(CCCCC)C[C@H](O)CO. The number of hydrogen-bond donors (Lipinski definition) is 2. The van der Waals surface area contributed by atoms with E-state index >= 15 is 0 Å². The largest absolute Gasteiger partial charge is 0.394 e. The molecule has 0 aliphatic heterocycles. The van der Waals surface area contributed by atoms with Gasteiger partial charge in [0.2, 0.25) is 0 Å². The second-order valence-electron chi connectivity index (χ2n) is 5.28. The molecule has 0 aliphatic rings. The lowest BCUT2D eigenvalue weighted by Gasteiger charge is -2.19. The van der Waals surface area contributed by atoms with Crippen LogP contribution in [0, 0.1) is 5.92 Å². The molecule has 0 aromatic carbocycles. The average Bonchev–Trinajstić information content (AvgIpc) is 2.34. The first-order valence-electron chi connectivity index (χ1n) is 7.53. The highest BCUT2D eigenvalue weighted by atomic mass is 16.3. The van der Waals surface area contributed by atoms with Crippen molar-refractivity contribution in [3.8, 4) is 0 Å². The minimum absolute atomic E-state index is 0.0841. The molecule has 0 rings (SSSR count). The van der Waals surface area contributed by atoms with E-state index in [9.17, 15) is 5.11 Å². The molecule has 0 radical (unpaired) electrons. The van der Waals surface area contributed by atoms with Gasteiger partial charge in [-0.25, -0.2) is 0 Å². The molecule has 2 N–H and O–H groups in total. The van der Waals surface area contributed by atoms with E-state index in [-0.39, 0.29) is 6.61 Å². The van der Waals surface area contributed by atoms with Crippen LogP contribution < -0.4 is 0 Å². The molecule has 2 heteroatoms. The maximum Gasteiger partial charge on any atom is 0.0773 e. The van der Waals surface area contributed by atoms with Crippen LogP contribution >= 0.6 is 0 Å². The monoisotopic (exact) mass is 244 g/mol. The third-order valence-electron chi connectivity index (χ3n) is 3.50. The summed E-state index contributed by atoms with van der Waals surface area (Å²) in [5.74, 6) is 0.612. The molecule has 1 unspecified atom stereocenters. The molecular formula is C15H32O2. The summed E-state index contributed by atoms with van der Waals surface area (Å²) in [6.07, 6.45) is 11.7. The van der Waals surface area contributed by atoms with E-state index < -0.39 is 6.10 Å². The smallest absolute Gasteiger partial charge is 0.0773 e. The van der Waals surface area contributed by atoms with Crippen molar-refractivity contribution < 1.29 is 10.2 Å². The van der Waals surface area contributed by atoms with Crippen LogP contribution in [0.25, 0.3) is 0 Å². The van der Waals surface area contributed by atoms with Crippen molar-refractivity contribution in [2.75, 3.05) is 6.61 Å². The fraction of sp³-hybridized carbons (Fsp3) is 1.00. The molecule has 0 spiro atoms. The second-order valence-corrected chi connectivity index (χ2v) is 5.28. The molecule has 0 saturated heterocycles. The summed E-state index contributed by atoms with van der Waals surface area (Å²) in [5, 5.41) is 18.5. The highest BCUT2D eigenvalue weighted by molar-refractivity contribution is 4.65. The third kappa shape index (κ3) is 10.8. The molecule has 0 aliphatic carbocycles. The number of aliphatic hydroxyl groups excluding tert-OH is 2. The Morgan fingerprint density at radius 2 is 1.35 bits per heavy atom. The maximum atomic E-state index is 9.54. The summed E-state index contributed by atoms with van der Waals surface area (Å²) in [6, 6.07) is 0. The van der Waals surface area contributed by atoms with E-state index in [0.717, 1.165) is 6.42 Å². The van der Waals surface area contributed by atoms with Crippen LogP contribution in [0.3, 0.4) is 0 Å². The number of hydrogen-bond acceptors (Lipinski definition) is 2. The third-order valence-corrected chi connectivity index (χ3v) is 3.50. The minimum Gasteiger partial charge on any atom is -0.394 e. The van der Waals surface area contributed by atoms with Crippen molar-refractivity contribution in [2.24, 2.45) is 5.92 Å². The normalized spacial score (nSPS) is 14.8. The van der Waals surface area contributed by atoms with Gasteiger partial charge in [-0.3, -0.25) is 0 Å². The van der Waals surface area contributed by atoms with E-state index in [1.807, 2.05) is 0 Å². The Balaban J connectivity index is 3.75. The predicted molar refractivity (Wildman–Crippen MR) is 74.1 cm³/mol. The lowest BCUT2D eigenvalue weighted by molar-refractivity contribution is 0.0705. The second kappa shape index (κ2) is 12.4. The van der Waals surface area contributed by atoms with Gasteiger partial charge >= 0.3 is 0 Å². The van der Waals surface area contributed by atoms with Crippen LogP contribution in [-0.2, 0) is 0 Å². The van der Waals surface area contributed by atoms with Crippen LogP contribution in [-0.4, -0.2) is 22.9 Å². The minimum atomic E-state index is -0.507. The van der Waals surface area contributed by atoms with Gasteiger partial charge in [0.1, 0.15) is 0 Å². The van der Waals surface area contributed by atoms with Crippen molar-refractivity contribution in [1.82, 2.24) is 0 Å². The van der Waals surface area contributed by atoms with Gasteiger partial charge in [0.05, 0.1) is 12.7 Å². The van der Waals surface area contributed by atoms with Gasteiger partial charge in [0.15, 0.2) is 0 Å². The van der Waals surface area contributed by atoms with Crippen LogP contribution in [0.15, 0.2) is 0 Å². The standard InChI is InChI=1S/C15H32O2/c1-3-5-7-9-11-14(10-8-6-4-2)12-15(17)13-16/h14-17H,3-13H2,1-2H3/t14?,15-/m0/s1. The Morgan fingerprint density at radius 3 is 1.88 bits per heavy atom. The van der Waals surface area contributed by atoms with Crippen LogP contribution in [0.1, 0.15) is 78.1 Å². The zero-order valence-electron chi connectivity index (χ0n) is 11.8. The number of unbranched alkanes of at least 4 members (excludes halogenated alkanes) is 5. The summed E-state index contributed by atoms with van der Waals surface area (Å²) in [6.45, 7) is 4.37. The van der Waals surface area contributed by atoms with Gasteiger partial charge in [-0.2, -0.15) is 0 Å². The van der Waals surface area contributed by atoms with Crippen molar-refractivity contribution in [1.29, 1.82) is 0 Å². The van der Waals surface area contributed by atoms with Crippen molar-refractivity contribution in [2.45, 2.75) is 84.2 Å². The Bertz CT molecular complexity index is 148. The number of aliphatic hydroxyl groups is 2. The molecular weight excluding hydrogens is 212 g/mol. The van der Waals surface area contributed by atoms with Gasteiger partial charge in [0.25, 0.3) is 0 Å². The summed E-state index contributed by atoms with van der Waals surface area (Å²) in [4.78, 5) is 0. The Hall–Kier alpha value is -0.0800. The summed E-state index contributed by atoms with van der Waals surface area (Å²) in [5.41, 5.74) is 0. The molecule has 0 saturated carbocycles. The first kappa shape index (κ1) is 16.9. The van der Waals surface area contributed by atoms with Crippen molar-refractivity contribution >= 4 is 0 Å². The molecule has 0 fully saturated rings. The zero-order valence-corrected chi connectivity index (χ0v) is 11.8. The fourth-order valence-corrected chi connectivity index (χ4v) is 2.38. The van der Waals surface area contributed by atoms with E-state index in [0.29, 0.717) is 5.92 Å². The number of rotatable bonds is 12. The van der Waals surface area contributed by atoms with Gasteiger partial charge in [-0.05, 0) is 12.3 Å². The highest BCUT2D eigenvalue weighted by Crippen LogP contribution is 2.22. The molecule has 0 heterocycles. The van der Waals surface area contributed by atoms with Crippen LogP contribution in [0.4, 0.5) is 0 Å². The first-order chi connectivity index (χ1) is 8.24. The van der Waals surface area contributed by atoms with E-state index in [1.165, 1.54) is 57.8 Å². The zero-order chi connectivity index (χ0) is 12.9. The lowest BCUT2D eigenvalue weighted by atomic mass is 9.90. The first-order valence-corrected chi connectivity index (χ1v) is 7.53. The maximum absolute atomic E-state index is 9.54. The van der Waals surface area contributed by atoms with Crippen LogP contribution in [0.5, 0.6) is 0 Å². The average molecular weight is 244 g/mol. The van der Waals surface area contributed by atoms with Gasteiger partial charge < -0.3 is 10.2 Å². The Morgan fingerprint density at radius 1 is 0.824 bits per heavy atom. The molecule has 17 heavy (non-hydrogen) atoms. The molecule has 2 nitrogen and oxygen atoms in total. The van der Waals surface area contributed by atoms with E-state index in [4.69, 9.17) is 5.11 Å². The van der Waals surface area contributed by atoms with E-state index in [1.54, 1.807) is 0 Å². The van der Waals surface area contributed by atoms with E-state index in [2.05, 4.69) is 13.8 Å². The summed E-state index contributed by atoms with van der Waals surface area (Å²) < 4.78 is 0. The fourth-order valence-electron chi connectivity index (χ4n) is 2.38. The van der Waals surface area contributed by atoms with Gasteiger partial charge in [0, 0.05) is 0 Å². The van der Waals surface area contributed by atoms with Crippen molar-refractivity contribution in [3.05, 3.63) is 0 Å². The summed E-state index contributed by atoms with van der Waals surface area (Å²) in [7, 11) is 0. The van der Waals surface area contributed by atoms with Crippen LogP contribution in [0.2, 0.25) is 0 Å². The molecule has 0 aromatic rings. The predicted octanol–water partition coefficient (Wildman–Crippen LogP) is 3.90. The lowest BCUT2D eigenvalue weighted by Crippen LogP contribution is -2.17. The van der Waals surface area contributed by atoms with Gasteiger partial charge in [-0.1, -0.05) is 71.6 Å². The highest BCUT2D eigenvalue weighted by Gasteiger charge is 2.13. The summed E-state index contributed by atoms with van der Waals surface area (Å²) >= 11 is 0. The van der Waals surface area contributed by atoms with Crippen molar-refractivity contribution in [3.63, 3.8) is 0 Å². The molecule has 0 aromatic heterocycles. The Labute approximate surface area is 107 Å². The molecule has 0 amide bonds.